The molecule has 8 nitrogen and oxygen atoms in total. The van der Waals surface area contributed by atoms with Crippen LogP contribution < -0.4 is 5.32 Å². The monoisotopic (exact) mass is 364 g/mol. The number of hydrogen-bond donors (Lipinski definition) is 1. The lowest BCUT2D eigenvalue weighted by Crippen LogP contribution is -2.53. The third-order valence-corrected chi connectivity index (χ3v) is 5.07. The van der Waals surface area contributed by atoms with Gasteiger partial charge < -0.3 is 15.1 Å². The molecule has 0 aliphatic carbocycles. The molecule has 5 amide bonds. The van der Waals surface area contributed by atoms with E-state index in [9.17, 15) is 19.2 Å². The van der Waals surface area contributed by atoms with Crippen molar-refractivity contribution in [3.63, 3.8) is 0 Å². The molecular formula is C16H20N4O4S. The average molecular weight is 364 g/mol. The smallest absolute Gasteiger partial charge is 0.317 e. The van der Waals surface area contributed by atoms with E-state index in [1.54, 1.807) is 15.9 Å². The summed E-state index contributed by atoms with van der Waals surface area (Å²) in [5.74, 6) is -0.369. The summed E-state index contributed by atoms with van der Waals surface area (Å²) < 4.78 is 0. The summed E-state index contributed by atoms with van der Waals surface area (Å²) in [6.07, 6.45) is 0.514. The largest absolute Gasteiger partial charge is 0.336 e. The molecule has 25 heavy (non-hydrogen) atoms. The SMILES string of the molecule is O=C(NCCN1C(=O)CCC1=O)N1CCN(C(=O)c2ccsc2)CC1. The van der Waals surface area contributed by atoms with Crippen LogP contribution in [0.1, 0.15) is 23.2 Å². The number of carbonyl (C=O) groups excluding carboxylic acids is 4. The molecule has 3 rings (SSSR count). The fraction of sp³-hybridized carbons (Fsp3) is 0.500. The van der Waals surface area contributed by atoms with Crippen molar-refractivity contribution >= 4 is 35.1 Å². The second kappa shape index (κ2) is 7.64. The first kappa shape index (κ1) is 17.4. The molecule has 0 saturated carbocycles. The van der Waals surface area contributed by atoms with Crippen molar-refractivity contribution in [2.45, 2.75) is 12.8 Å². The normalized spacial score (nSPS) is 18.0. The van der Waals surface area contributed by atoms with Crippen molar-refractivity contribution in [3.05, 3.63) is 22.4 Å². The van der Waals surface area contributed by atoms with Crippen molar-refractivity contribution in [3.8, 4) is 0 Å². The van der Waals surface area contributed by atoms with E-state index < -0.39 is 0 Å². The zero-order chi connectivity index (χ0) is 17.8. The van der Waals surface area contributed by atoms with Gasteiger partial charge in [-0.05, 0) is 11.4 Å². The van der Waals surface area contributed by atoms with Gasteiger partial charge in [0.25, 0.3) is 5.91 Å². The van der Waals surface area contributed by atoms with Gasteiger partial charge in [0.2, 0.25) is 11.8 Å². The molecule has 0 radical (unpaired) electrons. The lowest BCUT2D eigenvalue weighted by molar-refractivity contribution is -0.138. The predicted octanol–water partition coefficient (Wildman–Crippen LogP) is 0.365. The van der Waals surface area contributed by atoms with Crippen molar-refractivity contribution in [2.75, 3.05) is 39.3 Å². The number of piperazine rings is 1. The van der Waals surface area contributed by atoms with E-state index in [0.29, 0.717) is 31.7 Å². The van der Waals surface area contributed by atoms with Crippen LogP contribution in [-0.4, -0.2) is 77.7 Å². The van der Waals surface area contributed by atoms with Gasteiger partial charge in [-0.25, -0.2) is 4.79 Å². The first-order valence-electron chi connectivity index (χ1n) is 8.23. The molecule has 0 atom stereocenters. The summed E-state index contributed by atoms with van der Waals surface area (Å²) in [6, 6.07) is 1.56. The molecule has 2 aliphatic rings. The van der Waals surface area contributed by atoms with E-state index >= 15 is 0 Å². The van der Waals surface area contributed by atoms with E-state index in [0.717, 1.165) is 0 Å². The maximum absolute atomic E-state index is 12.3. The molecule has 0 spiro atoms. The highest BCUT2D eigenvalue weighted by Gasteiger charge is 2.29. The first-order chi connectivity index (χ1) is 12.1. The maximum atomic E-state index is 12.3. The number of nitrogens with zero attached hydrogens (tertiary/aromatic N) is 3. The lowest BCUT2D eigenvalue weighted by atomic mass is 10.2. The van der Waals surface area contributed by atoms with Crippen molar-refractivity contribution in [2.24, 2.45) is 0 Å². The second-order valence-corrected chi connectivity index (χ2v) is 6.74. The molecule has 1 aromatic rings. The third kappa shape index (κ3) is 3.98. The van der Waals surface area contributed by atoms with E-state index in [1.807, 2.05) is 10.8 Å². The Morgan fingerprint density at radius 3 is 2.28 bits per heavy atom. The third-order valence-electron chi connectivity index (χ3n) is 4.39. The minimum absolute atomic E-state index is 0.00707. The van der Waals surface area contributed by atoms with Gasteiger partial charge in [-0.1, -0.05) is 0 Å². The highest BCUT2D eigenvalue weighted by atomic mass is 32.1. The summed E-state index contributed by atoms with van der Waals surface area (Å²) in [5.41, 5.74) is 0.683. The van der Waals surface area contributed by atoms with E-state index in [4.69, 9.17) is 0 Å². The molecular weight excluding hydrogens is 344 g/mol. The van der Waals surface area contributed by atoms with Crippen LogP contribution in [0.25, 0.3) is 0 Å². The molecule has 0 unspecified atom stereocenters. The molecule has 1 N–H and O–H groups in total. The number of imide groups is 1. The Balaban J connectivity index is 1.40. The molecule has 0 bridgehead atoms. The van der Waals surface area contributed by atoms with Gasteiger partial charge in [0.1, 0.15) is 0 Å². The summed E-state index contributed by atoms with van der Waals surface area (Å²) >= 11 is 1.48. The van der Waals surface area contributed by atoms with Crippen LogP contribution in [-0.2, 0) is 9.59 Å². The van der Waals surface area contributed by atoms with Crippen LogP contribution in [0.2, 0.25) is 0 Å². The molecule has 2 saturated heterocycles. The summed E-state index contributed by atoms with van der Waals surface area (Å²) in [6.45, 7) is 2.35. The highest BCUT2D eigenvalue weighted by molar-refractivity contribution is 7.08. The number of rotatable bonds is 4. The number of thiophene rings is 1. The van der Waals surface area contributed by atoms with Gasteiger partial charge in [0.05, 0.1) is 5.56 Å². The van der Waals surface area contributed by atoms with Crippen LogP contribution >= 0.6 is 11.3 Å². The topological polar surface area (TPSA) is 90.0 Å². The highest BCUT2D eigenvalue weighted by Crippen LogP contribution is 2.12. The Hall–Kier alpha value is -2.42. The van der Waals surface area contributed by atoms with E-state index in [-0.39, 0.29) is 49.7 Å². The molecule has 9 heteroatoms. The van der Waals surface area contributed by atoms with Crippen molar-refractivity contribution in [1.29, 1.82) is 0 Å². The van der Waals surface area contributed by atoms with Gasteiger partial charge in [0, 0.05) is 57.5 Å². The zero-order valence-electron chi connectivity index (χ0n) is 13.8. The number of likely N-dealkylation sites (tertiary alicyclic amines) is 1. The number of hydrogen-bond acceptors (Lipinski definition) is 5. The van der Waals surface area contributed by atoms with Crippen LogP contribution in [0.3, 0.4) is 0 Å². The Kier molecular flexibility index (Phi) is 5.32. The lowest BCUT2D eigenvalue weighted by Gasteiger charge is -2.34. The Morgan fingerprint density at radius 2 is 1.68 bits per heavy atom. The number of nitrogens with one attached hydrogen (secondary N) is 1. The fourth-order valence-corrected chi connectivity index (χ4v) is 3.57. The number of amides is 5. The standard InChI is InChI=1S/C16H20N4O4S/c21-13-1-2-14(22)20(13)5-4-17-16(24)19-8-6-18(7-9-19)15(23)12-3-10-25-11-12/h3,10-11H,1-2,4-9H2,(H,17,24). The van der Waals surface area contributed by atoms with Crippen LogP contribution in [0, 0.1) is 0 Å². The van der Waals surface area contributed by atoms with Crippen LogP contribution in [0.15, 0.2) is 16.8 Å². The second-order valence-electron chi connectivity index (χ2n) is 5.96. The van der Waals surface area contributed by atoms with E-state index in [2.05, 4.69) is 5.32 Å². The summed E-state index contributed by atoms with van der Waals surface area (Å²) in [7, 11) is 0. The van der Waals surface area contributed by atoms with Crippen LogP contribution in [0.4, 0.5) is 4.79 Å². The van der Waals surface area contributed by atoms with Gasteiger partial charge >= 0.3 is 6.03 Å². The van der Waals surface area contributed by atoms with Gasteiger partial charge in [-0.2, -0.15) is 11.3 Å². The summed E-state index contributed by atoms with van der Waals surface area (Å²) in [4.78, 5) is 52.0. The molecule has 3 heterocycles. The maximum Gasteiger partial charge on any atom is 0.317 e. The molecule has 0 aromatic carbocycles. The fourth-order valence-electron chi connectivity index (χ4n) is 2.94. The van der Waals surface area contributed by atoms with Crippen molar-refractivity contribution < 1.29 is 19.2 Å². The Labute approximate surface area is 149 Å². The minimum atomic E-state index is -0.235. The molecule has 134 valence electrons. The molecule has 2 aliphatic heterocycles. The van der Waals surface area contributed by atoms with Gasteiger partial charge in [0.15, 0.2) is 0 Å². The van der Waals surface area contributed by atoms with Crippen molar-refractivity contribution in [1.82, 2.24) is 20.0 Å². The zero-order valence-corrected chi connectivity index (χ0v) is 14.6. The van der Waals surface area contributed by atoms with E-state index in [1.165, 1.54) is 16.2 Å². The summed E-state index contributed by atoms with van der Waals surface area (Å²) in [5, 5.41) is 6.42. The first-order valence-corrected chi connectivity index (χ1v) is 9.18. The number of carbonyl (C=O) groups is 4. The molecule has 2 fully saturated rings. The van der Waals surface area contributed by atoms with Crippen LogP contribution in [0.5, 0.6) is 0 Å². The van der Waals surface area contributed by atoms with Gasteiger partial charge in [-0.15, -0.1) is 0 Å². The Bertz CT molecular complexity index is 652. The minimum Gasteiger partial charge on any atom is -0.336 e. The predicted molar refractivity (Wildman–Crippen MR) is 91.1 cm³/mol. The van der Waals surface area contributed by atoms with Gasteiger partial charge in [-0.3, -0.25) is 19.3 Å². The molecule has 1 aromatic heterocycles. The average Bonchev–Trinajstić information content (AvgIpc) is 3.26. The Morgan fingerprint density at radius 1 is 1.04 bits per heavy atom. The number of urea groups is 1. The quantitative estimate of drug-likeness (QED) is 0.782.